The van der Waals surface area contributed by atoms with E-state index in [0.717, 1.165) is 17.5 Å². The van der Waals surface area contributed by atoms with Gasteiger partial charge in [-0.25, -0.2) is 4.39 Å². The molecule has 0 saturated heterocycles. The lowest BCUT2D eigenvalue weighted by Crippen LogP contribution is -2.06. The van der Waals surface area contributed by atoms with Gasteiger partial charge >= 0.3 is 0 Å². The summed E-state index contributed by atoms with van der Waals surface area (Å²) in [6.07, 6.45) is 0.994. The minimum atomic E-state index is -0.149. The fourth-order valence-corrected chi connectivity index (χ4v) is 2.03. The van der Waals surface area contributed by atoms with Crippen LogP contribution < -0.4 is 5.32 Å². The minimum Gasteiger partial charge on any atom is -0.316 e. The predicted octanol–water partition coefficient (Wildman–Crippen LogP) is 3.77. The Morgan fingerprint density at radius 3 is 2.50 bits per heavy atom. The molecule has 0 bridgehead atoms. The number of rotatable bonds is 4. The molecule has 0 radical (unpaired) electrons. The van der Waals surface area contributed by atoms with Gasteiger partial charge in [-0.05, 0) is 36.2 Å². The minimum absolute atomic E-state index is 0.149. The van der Waals surface area contributed by atoms with Crippen LogP contribution in [0, 0.1) is 5.82 Å². The quantitative estimate of drug-likeness (QED) is 0.861. The van der Waals surface area contributed by atoms with Crippen LogP contribution in [0.1, 0.15) is 18.1 Å². The van der Waals surface area contributed by atoms with E-state index in [1.807, 2.05) is 31.3 Å². The fraction of sp³-hybridized carbons (Fsp3) is 0.250. The van der Waals surface area contributed by atoms with Gasteiger partial charge in [-0.1, -0.05) is 43.3 Å². The van der Waals surface area contributed by atoms with Crippen molar-refractivity contribution < 1.29 is 4.39 Å². The Morgan fingerprint density at radius 1 is 1.06 bits per heavy atom. The molecule has 1 N–H and O–H groups in total. The highest BCUT2D eigenvalue weighted by Gasteiger charge is 2.04. The summed E-state index contributed by atoms with van der Waals surface area (Å²) in [7, 11) is 1.82. The standard InChI is InChI=1S/C16H18FN/c1-3-12-5-4-6-13(9-12)14-7-8-15(11-18-2)16(17)10-14/h4-10,18H,3,11H2,1-2H3. The summed E-state index contributed by atoms with van der Waals surface area (Å²) in [5, 5.41) is 2.96. The van der Waals surface area contributed by atoms with Crippen molar-refractivity contribution >= 4 is 0 Å². The maximum absolute atomic E-state index is 13.9. The molecule has 94 valence electrons. The van der Waals surface area contributed by atoms with Crippen LogP contribution in [0.3, 0.4) is 0 Å². The van der Waals surface area contributed by atoms with Gasteiger partial charge in [0.2, 0.25) is 0 Å². The molecular weight excluding hydrogens is 225 g/mol. The highest BCUT2D eigenvalue weighted by atomic mass is 19.1. The van der Waals surface area contributed by atoms with Crippen molar-refractivity contribution in [2.45, 2.75) is 19.9 Å². The van der Waals surface area contributed by atoms with Crippen molar-refractivity contribution in [3.63, 3.8) is 0 Å². The summed E-state index contributed by atoms with van der Waals surface area (Å²) >= 11 is 0. The zero-order valence-electron chi connectivity index (χ0n) is 10.8. The van der Waals surface area contributed by atoms with Gasteiger partial charge in [-0.3, -0.25) is 0 Å². The molecule has 0 spiro atoms. The zero-order chi connectivity index (χ0) is 13.0. The second-order valence-corrected chi connectivity index (χ2v) is 4.39. The first-order valence-electron chi connectivity index (χ1n) is 6.27. The molecule has 2 heteroatoms. The molecule has 0 fully saturated rings. The number of halogens is 1. The van der Waals surface area contributed by atoms with Gasteiger partial charge < -0.3 is 5.32 Å². The lowest BCUT2D eigenvalue weighted by molar-refractivity contribution is 0.601. The lowest BCUT2D eigenvalue weighted by Gasteiger charge is -2.07. The summed E-state index contributed by atoms with van der Waals surface area (Å²) in [6, 6.07) is 13.7. The highest BCUT2D eigenvalue weighted by molar-refractivity contribution is 5.64. The number of hydrogen-bond acceptors (Lipinski definition) is 1. The summed E-state index contributed by atoms with van der Waals surface area (Å²) < 4.78 is 13.9. The van der Waals surface area contributed by atoms with Gasteiger partial charge in [0, 0.05) is 12.1 Å². The molecule has 0 aliphatic carbocycles. The van der Waals surface area contributed by atoms with Crippen molar-refractivity contribution in [2.24, 2.45) is 0 Å². The first kappa shape index (κ1) is 12.8. The molecular formula is C16H18FN. The van der Waals surface area contributed by atoms with Crippen molar-refractivity contribution in [3.8, 4) is 11.1 Å². The fourth-order valence-electron chi connectivity index (χ4n) is 2.03. The van der Waals surface area contributed by atoms with Crippen molar-refractivity contribution in [1.82, 2.24) is 5.32 Å². The number of nitrogens with one attached hydrogen (secondary N) is 1. The Kier molecular flexibility index (Phi) is 4.11. The average Bonchev–Trinajstić information content (AvgIpc) is 2.41. The van der Waals surface area contributed by atoms with E-state index in [1.165, 1.54) is 5.56 Å². The lowest BCUT2D eigenvalue weighted by atomic mass is 10.0. The van der Waals surface area contributed by atoms with Crippen molar-refractivity contribution in [1.29, 1.82) is 0 Å². The molecule has 0 saturated carbocycles. The van der Waals surface area contributed by atoms with Crippen LogP contribution in [0.5, 0.6) is 0 Å². The van der Waals surface area contributed by atoms with Gasteiger partial charge in [0.25, 0.3) is 0 Å². The van der Waals surface area contributed by atoms with E-state index in [-0.39, 0.29) is 5.82 Å². The van der Waals surface area contributed by atoms with Crippen molar-refractivity contribution in [2.75, 3.05) is 7.05 Å². The van der Waals surface area contributed by atoms with E-state index < -0.39 is 0 Å². The van der Waals surface area contributed by atoms with Crippen LogP contribution in [0.4, 0.5) is 4.39 Å². The second kappa shape index (κ2) is 5.78. The summed E-state index contributed by atoms with van der Waals surface area (Å²) in [5.41, 5.74) is 3.98. The van der Waals surface area contributed by atoms with Gasteiger partial charge in [-0.2, -0.15) is 0 Å². The Bertz CT molecular complexity index is 534. The molecule has 18 heavy (non-hydrogen) atoms. The third kappa shape index (κ3) is 2.77. The van der Waals surface area contributed by atoms with Crippen molar-refractivity contribution in [3.05, 3.63) is 59.4 Å². The third-order valence-electron chi connectivity index (χ3n) is 3.09. The van der Waals surface area contributed by atoms with E-state index in [2.05, 4.69) is 24.4 Å². The van der Waals surface area contributed by atoms with Gasteiger partial charge in [0.15, 0.2) is 0 Å². The van der Waals surface area contributed by atoms with Crippen LogP contribution in [0.25, 0.3) is 11.1 Å². The number of hydrogen-bond donors (Lipinski definition) is 1. The van der Waals surface area contributed by atoms with Gasteiger partial charge in [0.05, 0.1) is 0 Å². The van der Waals surface area contributed by atoms with E-state index in [1.54, 1.807) is 6.07 Å². The monoisotopic (exact) mass is 243 g/mol. The maximum atomic E-state index is 13.9. The summed E-state index contributed by atoms with van der Waals surface area (Å²) in [6.45, 7) is 2.68. The maximum Gasteiger partial charge on any atom is 0.128 e. The van der Waals surface area contributed by atoms with Crippen LogP contribution in [0.2, 0.25) is 0 Å². The van der Waals surface area contributed by atoms with Gasteiger partial charge in [-0.15, -0.1) is 0 Å². The Morgan fingerprint density at radius 2 is 1.83 bits per heavy atom. The molecule has 0 aliphatic rings. The third-order valence-corrected chi connectivity index (χ3v) is 3.09. The summed E-state index contributed by atoms with van der Waals surface area (Å²) in [4.78, 5) is 0. The van der Waals surface area contributed by atoms with Crippen LogP contribution in [-0.2, 0) is 13.0 Å². The molecule has 0 aliphatic heterocycles. The average molecular weight is 243 g/mol. The van der Waals surface area contributed by atoms with E-state index in [0.29, 0.717) is 12.1 Å². The Hall–Kier alpha value is -1.67. The first-order valence-corrected chi connectivity index (χ1v) is 6.27. The van der Waals surface area contributed by atoms with Crippen LogP contribution in [0.15, 0.2) is 42.5 Å². The molecule has 2 rings (SSSR count). The largest absolute Gasteiger partial charge is 0.316 e. The smallest absolute Gasteiger partial charge is 0.128 e. The SMILES string of the molecule is CCc1cccc(-c2ccc(CNC)c(F)c2)c1. The first-order chi connectivity index (χ1) is 8.74. The number of aryl methyl sites for hydroxylation is 1. The highest BCUT2D eigenvalue weighted by Crippen LogP contribution is 2.23. The molecule has 0 unspecified atom stereocenters. The predicted molar refractivity (Wildman–Crippen MR) is 74.0 cm³/mol. The number of benzene rings is 2. The second-order valence-electron chi connectivity index (χ2n) is 4.39. The molecule has 2 aromatic carbocycles. The normalized spacial score (nSPS) is 10.6. The molecule has 0 atom stereocenters. The van der Waals surface area contributed by atoms with E-state index in [9.17, 15) is 4.39 Å². The topological polar surface area (TPSA) is 12.0 Å². The molecule has 2 aromatic rings. The zero-order valence-corrected chi connectivity index (χ0v) is 10.8. The van der Waals surface area contributed by atoms with Crippen LogP contribution >= 0.6 is 0 Å². The molecule has 1 nitrogen and oxygen atoms in total. The Balaban J connectivity index is 2.35. The van der Waals surface area contributed by atoms with Gasteiger partial charge in [0.1, 0.15) is 5.82 Å². The van der Waals surface area contributed by atoms with E-state index in [4.69, 9.17) is 0 Å². The van der Waals surface area contributed by atoms with Crippen LogP contribution in [-0.4, -0.2) is 7.05 Å². The molecule has 0 amide bonds. The molecule has 0 aromatic heterocycles. The Labute approximate surface area is 108 Å². The van der Waals surface area contributed by atoms with E-state index >= 15 is 0 Å². The molecule has 0 heterocycles. The summed E-state index contributed by atoms with van der Waals surface area (Å²) in [5.74, 6) is -0.149.